The highest BCUT2D eigenvalue weighted by Gasteiger charge is 2.44. The molecule has 138 valence electrons. The Morgan fingerprint density at radius 1 is 1.38 bits per heavy atom. The molecule has 12 heteroatoms. The predicted octanol–water partition coefficient (Wildman–Crippen LogP) is -3.51. The van der Waals surface area contributed by atoms with E-state index in [1.165, 1.54) is 0 Å². The van der Waals surface area contributed by atoms with Crippen molar-refractivity contribution in [3.05, 3.63) is 11.8 Å². The highest BCUT2D eigenvalue weighted by atomic mass is 32.2. The van der Waals surface area contributed by atoms with E-state index in [-0.39, 0.29) is 0 Å². The molecule has 0 radical (unpaired) electrons. The lowest BCUT2D eigenvalue weighted by atomic mass is 9.92. The second kappa shape index (κ2) is 7.90. The van der Waals surface area contributed by atoms with Gasteiger partial charge in [-0.1, -0.05) is 0 Å². The van der Waals surface area contributed by atoms with E-state index in [9.17, 15) is 28.2 Å². The number of sulfonamides is 1. The summed E-state index contributed by atoms with van der Waals surface area (Å²) in [5.41, 5.74) is 0. The minimum absolute atomic E-state index is 0.605. The number of hydrogen-bond donors (Lipinski definition) is 6. The molecule has 0 spiro atoms. The van der Waals surface area contributed by atoms with Crippen LogP contribution in [0.2, 0.25) is 0 Å². The zero-order valence-corrected chi connectivity index (χ0v) is 13.7. The predicted molar refractivity (Wildman–Crippen MR) is 79.1 cm³/mol. The van der Waals surface area contributed by atoms with E-state index in [4.69, 9.17) is 14.9 Å². The molecule has 1 rings (SSSR count). The zero-order chi connectivity index (χ0) is 18.7. The van der Waals surface area contributed by atoms with Crippen LogP contribution in [-0.2, 0) is 24.3 Å². The fourth-order valence-corrected chi connectivity index (χ4v) is 2.93. The van der Waals surface area contributed by atoms with Crippen molar-refractivity contribution in [1.29, 1.82) is 0 Å². The minimum atomic E-state index is -3.80. The van der Waals surface area contributed by atoms with Crippen LogP contribution in [0.4, 0.5) is 0 Å². The van der Waals surface area contributed by atoms with E-state index in [1.807, 2.05) is 0 Å². The highest BCUT2D eigenvalue weighted by molar-refractivity contribution is 7.88. The number of aliphatic carboxylic acids is 1. The van der Waals surface area contributed by atoms with Crippen molar-refractivity contribution >= 4 is 21.9 Å². The molecule has 0 aromatic heterocycles. The van der Waals surface area contributed by atoms with Gasteiger partial charge >= 0.3 is 5.97 Å². The average molecular weight is 368 g/mol. The summed E-state index contributed by atoms with van der Waals surface area (Å²) in [6.45, 7) is 0.268. The maximum absolute atomic E-state index is 11.5. The lowest BCUT2D eigenvalue weighted by Gasteiger charge is -2.39. The third kappa shape index (κ3) is 5.42. The number of aliphatic hydroxyl groups is 3. The van der Waals surface area contributed by atoms with Gasteiger partial charge in [-0.05, 0) is 6.08 Å². The number of rotatable bonds is 7. The SMILES string of the molecule is CC(=O)N[C@H]1[C@H]([C@H](O)C(O)CO)OC(C(=O)O)=C[C@@H]1NS(C)(=O)=O. The average Bonchev–Trinajstić information content (AvgIpc) is 2.44. The van der Waals surface area contributed by atoms with Gasteiger partial charge in [0.25, 0.3) is 0 Å². The molecule has 1 aliphatic heterocycles. The first-order chi connectivity index (χ1) is 11.0. The molecule has 24 heavy (non-hydrogen) atoms. The van der Waals surface area contributed by atoms with Crippen LogP contribution in [0.5, 0.6) is 0 Å². The van der Waals surface area contributed by atoms with Gasteiger partial charge < -0.3 is 30.5 Å². The Morgan fingerprint density at radius 2 is 1.96 bits per heavy atom. The third-order valence-corrected chi connectivity index (χ3v) is 3.88. The molecule has 0 aromatic rings. The number of carbonyl (C=O) groups excluding carboxylic acids is 1. The molecule has 0 aliphatic carbocycles. The second-order valence-corrected chi connectivity index (χ2v) is 7.08. The molecule has 0 bridgehead atoms. The van der Waals surface area contributed by atoms with Gasteiger partial charge in [-0.15, -0.1) is 0 Å². The van der Waals surface area contributed by atoms with Crippen molar-refractivity contribution in [3.63, 3.8) is 0 Å². The van der Waals surface area contributed by atoms with Crippen LogP contribution in [0, 0.1) is 0 Å². The van der Waals surface area contributed by atoms with Gasteiger partial charge in [0.1, 0.15) is 18.3 Å². The molecule has 1 aliphatic rings. The summed E-state index contributed by atoms with van der Waals surface area (Å²) in [5, 5.41) is 40.0. The number of aliphatic hydroxyl groups excluding tert-OH is 3. The van der Waals surface area contributed by atoms with E-state index in [1.54, 1.807) is 0 Å². The van der Waals surface area contributed by atoms with Crippen LogP contribution >= 0.6 is 0 Å². The van der Waals surface area contributed by atoms with Crippen molar-refractivity contribution in [1.82, 2.24) is 10.0 Å². The number of hydrogen-bond acceptors (Lipinski definition) is 8. The molecule has 1 heterocycles. The summed E-state index contributed by atoms with van der Waals surface area (Å²) in [7, 11) is -3.80. The van der Waals surface area contributed by atoms with E-state index in [0.29, 0.717) is 0 Å². The van der Waals surface area contributed by atoms with Crippen molar-refractivity contribution in [2.45, 2.75) is 37.3 Å². The number of carbonyl (C=O) groups is 2. The van der Waals surface area contributed by atoms with Crippen LogP contribution < -0.4 is 10.0 Å². The molecular weight excluding hydrogens is 348 g/mol. The van der Waals surface area contributed by atoms with Crippen LogP contribution in [0.25, 0.3) is 0 Å². The molecule has 1 amide bonds. The van der Waals surface area contributed by atoms with Crippen LogP contribution in [-0.4, -0.2) is 84.0 Å². The van der Waals surface area contributed by atoms with Crippen LogP contribution in [0.15, 0.2) is 11.8 Å². The summed E-state index contributed by atoms with van der Waals surface area (Å²) in [4.78, 5) is 22.5. The zero-order valence-electron chi connectivity index (χ0n) is 12.9. The van der Waals surface area contributed by atoms with Crippen molar-refractivity contribution in [2.24, 2.45) is 0 Å². The van der Waals surface area contributed by atoms with Crippen LogP contribution in [0.1, 0.15) is 6.92 Å². The normalized spacial score (nSPS) is 26.7. The first-order valence-corrected chi connectivity index (χ1v) is 8.68. The molecule has 5 atom stereocenters. The number of carboxylic acid groups (broad SMARTS) is 1. The van der Waals surface area contributed by atoms with Crippen molar-refractivity contribution < 1.29 is 43.2 Å². The van der Waals surface area contributed by atoms with E-state index in [0.717, 1.165) is 19.3 Å². The van der Waals surface area contributed by atoms with Gasteiger partial charge in [0, 0.05) is 6.92 Å². The molecule has 0 saturated carbocycles. The molecule has 0 fully saturated rings. The number of carboxylic acids is 1. The largest absolute Gasteiger partial charge is 0.478 e. The number of amides is 1. The second-order valence-electron chi connectivity index (χ2n) is 5.30. The standard InChI is InChI=1S/C12H20N2O9S/c1-5(16)13-9-6(14-24(2,21)22)3-8(12(19)20)23-11(9)10(18)7(17)4-15/h3,6-7,9-11,14-15,17-18H,4H2,1-2H3,(H,13,16)(H,19,20)/t6-,7?,9+,10+,11+/m0/s1. The molecule has 1 unspecified atom stereocenters. The molecule has 6 N–H and O–H groups in total. The first-order valence-electron chi connectivity index (χ1n) is 6.79. The third-order valence-electron chi connectivity index (χ3n) is 3.18. The number of nitrogens with one attached hydrogen (secondary N) is 2. The van der Waals surface area contributed by atoms with Gasteiger partial charge in [-0.3, -0.25) is 4.79 Å². The fraction of sp³-hybridized carbons (Fsp3) is 0.667. The summed E-state index contributed by atoms with van der Waals surface area (Å²) < 4.78 is 30.2. The van der Waals surface area contributed by atoms with Crippen LogP contribution in [0.3, 0.4) is 0 Å². The maximum Gasteiger partial charge on any atom is 0.370 e. The summed E-state index contributed by atoms with van der Waals surface area (Å²) in [5.74, 6) is -2.81. The Hall–Kier alpha value is -1.73. The molecule has 0 saturated heterocycles. The summed E-state index contributed by atoms with van der Waals surface area (Å²) >= 11 is 0. The number of ether oxygens (including phenoxy) is 1. The topological polar surface area (TPSA) is 182 Å². The van der Waals surface area contributed by atoms with Gasteiger partial charge in [0.2, 0.25) is 21.7 Å². The van der Waals surface area contributed by atoms with Gasteiger partial charge in [0.15, 0.2) is 0 Å². The Kier molecular flexibility index (Phi) is 6.68. The summed E-state index contributed by atoms with van der Waals surface area (Å²) in [6.07, 6.45) is -3.25. The molecule has 11 nitrogen and oxygen atoms in total. The van der Waals surface area contributed by atoms with E-state index < -0.39 is 64.7 Å². The summed E-state index contributed by atoms with van der Waals surface area (Å²) in [6, 6.07) is -2.48. The van der Waals surface area contributed by atoms with Gasteiger partial charge in [-0.2, -0.15) is 0 Å². The van der Waals surface area contributed by atoms with Crippen molar-refractivity contribution in [3.8, 4) is 0 Å². The minimum Gasteiger partial charge on any atom is -0.478 e. The Labute approximate surface area is 138 Å². The van der Waals surface area contributed by atoms with Gasteiger partial charge in [-0.25, -0.2) is 17.9 Å². The van der Waals surface area contributed by atoms with E-state index >= 15 is 0 Å². The highest BCUT2D eigenvalue weighted by Crippen LogP contribution is 2.23. The molecule has 0 aromatic carbocycles. The maximum atomic E-state index is 11.5. The quantitative estimate of drug-likeness (QED) is 0.265. The van der Waals surface area contributed by atoms with Gasteiger partial charge in [0.05, 0.1) is 24.9 Å². The van der Waals surface area contributed by atoms with E-state index in [2.05, 4.69) is 10.0 Å². The first kappa shape index (κ1) is 20.3. The monoisotopic (exact) mass is 368 g/mol. The van der Waals surface area contributed by atoms with Crippen molar-refractivity contribution in [2.75, 3.05) is 12.9 Å². The Bertz CT molecular complexity index is 618. The fourth-order valence-electron chi connectivity index (χ4n) is 2.22. The Morgan fingerprint density at radius 3 is 2.38 bits per heavy atom. The lowest BCUT2D eigenvalue weighted by molar-refractivity contribution is -0.146. The Balaban J connectivity index is 3.30. The smallest absolute Gasteiger partial charge is 0.370 e. The lowest BCUT2D eigenvalue weighted by Crippen LogP contribution is -2.63. The molecular formula is C12H20N2O9S.